The number of nitrogens with two attached hydrogens (primary N) is 2. The zero-order valence-electron chi connectivity index (χ0n) is 17.9. The molecule has 0 radical (unpaired) electrons. The van der Waals surface area contributed by atoms with Crippen LogP contribution in [0.4, 0.5) is 0 Å². The molecule has 0 bridgehead atoms. The highest BCUT2D eigenvalue weighted by molar-refractivity contribution is 6.01. The van der Waals surface area contributed by atoms with Crippen molar-refractivity contribution in [3.63, 3.8) is 0 Å². The van der Waals surface area contributed by atoms with Crippen LogP contribution < -0.4 is 27.7 Å². The van der Waals surface area contributed by atoms with E-state index in [-0.39, 0.29) is 23.2 Å². The summed E-state index contributed by atoms with van der Waals surface area (Å²) >= 11 is 0. The molecule has 2 aromatic carbocycles. The Morgan fingerprint density at radius 2 is 1.85 bits per heavy atom. The molecule has 0 aliphatic carbocycles. The second kappa shape index (κ2) is 10.8. The highest BCUT2D eigenvalue weighted by atomic mass is 16.3. The van der Waals surface area contributed by atoms with Crippen molar-refractivity contribution >= 4 is 28.7 Å². The van der Waals surface area contributed by atoms with Crippen molar-refractivity contribution in [3.05, 3.63) is 76.1 Å². The first-order valence-corrected chi connectivity index (χ1v) is 10.4. The number of benzene rings is 2. The van der Waals surface area contributed by atoms with E-state index in [2.05, 4.69) is 20.6 Å². The average Bonchev–Trinajstić information content (AvgIpc) is 2.78. The zero-order chi connectivity index (χ0) is 23.8. The Balaban J connectivity index is 1.75. The molecule has 0 fully saturated rings. The monoisotopic (exact) mass is 450 g/mol. The van der Waals surface area contributed by atoms with Gasteiger partial charge < -0.3 is 32.2 Å². The van der Waals surface area contributed by atoms with Gasteiger partial charge >= 0.3 is 0 Å². The summed E-state index contributed by atoms with van der Waals surface area (Å²) in [5, 5.41) is 15.9. The predicted molar refractivity (Wildman–Crippen MR) is 126 cm³/mol. The van der Waals surface area contributed by atoms with Crippen LogP contribution in [0.1, 0.15) is 22.3 Å². The average molecular weight is 450 g/mol. The number of carbonyl (C=O) groups is 2. The first-order chi connectivity index (χ1) is 15.8. The summed E-state index contributed by atoms with van der Waals surface area (Å²) in [6.07, 6.45) is 0.830. The van der Waals surface area contributed by atoms with Gasteiger partial charge in [0.05, 0.1) is 5.52 Å². The fraction of sp³-hybridized carbons (Fsp3) is 0.217. The van der Waals surface area contributed by atoms with Gasteiger partial charge in [0, 0.05) is 36.5 Å². The highest BCUT2D eigenvalue weighted by Crippen LogP contribution is 2.22. The Labute approximate surface area is 189 Å². The fourth-order valence-electron chi connectivity index (χ4n) is 3.30. The number of hydrogen-bond donors (Lipinski definition) is 6. The van der Waals surface area contributed by atoms with E-state index in [1.54, 1.807) is 0 Å². The van der Waals surface area contributed by atoms with E-state index in [4.69, 9.17) is 11.5 Å². The molecule has 33 heavy (non-hydrogen) atoms. The van der Waals surface area contributed by atoms with Crippen LogP contribution >= 0.6 is 0 Å². The van der Waals surface area contributed by atoms with E-state index >= 15 is 0 Å². The summed E-state index contributed by atoms with van der Waals surface area (Å²) in [7, 11) is 0. The fourth-order valence-corrected chi connectivity index (χ4v) is 3.30. The van der Waals surface area contributed by atoms with Gasteiger partial charge in [0.15, 0.2) is 5.96 Å². The molecule has 0 unspecified atom stereocenters. The van der Waals surface area contributed by atoms with Crippen LogP contribution in [-0.2, 0) is 11.2 Å². The molecule has 3 rings (SSSR count). The van der Waals surface area contributed by atoms with E-state index in [9.17, 15) is 19.5 Å². The number of aliphatic imine (C=N–C) groups is 1. The third-order valence-corrected chi connectivity index (χ3v) is 4.92. The Bertz CT molecular complexity index is 1220. The van der Waals surface area contributed by atoms with Crippen LogP contribution in [-0.4, -0.2) is 47.0 Å². The number of pyridine rings is 1. The number of guanidine groups is 1. The Morgan fingerprint density at radius 3 is 2.58 bits per heavy atom. The van der Waals surface area contributed by atoms with Crippen molar-refractivity contribution in [1.29, 1.82) is 0 Å². The minimum Gasteiger partial charge on any atom is -0.507 e. The SMILES string of the molecule is NC(N)=NCCCNC(=O)[C@H](Cc1ccccc1)NC(=O)c1ccc2[nH]c(=O)cc(O)c2c1. The van der Waals surface area contributed by atoms with Crippen LogP contribution in [0.25, 0.3) is 10.9 Å². The third kappa shape index (κ3) is 6.57. The molecule has 3 aromatic rings. The molecule has 0 saturated carbocycles. The van der Waals surface area contributed by atoms with E-state index in [1.165, 1.54) is 18.2 Å². The number of aromatic hydroxyl groups is 1. The Morgan fingerprint density at radius 1 is 1.09 bits per heavy atom. The van der Waals surface area contributed by atoms with Gasteiger partial charge in [-0.1, -0.05) is 30.3 Å². The molecular formula is C23H26N6O4. The van der Waals surface area contributed by atoms with Crippen molar-refractivity contribution in [3.8, 4) is 5.75 Å². The van der Waals surface area contributed by atoms with Crippen molar-refractivity contribution in [2.45, 2.75) is 18.9 Å². The number of aromatic nitrogens is 1. The second-order valence-electron chi connectivity index (χ2n) is 7.45. The lowest BCUT2D eigenvalue weighted by molar-refractivity contribution is -0.122. The van der Waals surface area contributed by atoms with Gasteiger partial charge in [0.2, 0.25) is 5.91 Å². The van der Waals surface area contributed by atoms with Crippen LogP contribution in [0.5, 0.6) is 5.75 Å². The van der Waals surface area contributed by atoms with Crippen LogP contribution in [0, 0.1) is 0 Å². The first-order valence-electron chi connectivity index (χ1n) is 10.4. The van der Waals surface area contributed by atoms with Gasteiger partial charge in [-0.05, 0) is 30.2 Å². The molecule has 1 aromatic heterocycles. The number of fused-ring (bicyclic) bond motifs is 1. The predicted octanol–water partition coefficient (Wildman–Crippen LogP) is 0.355. The molecule has 0 saturated heterocycles. The number of rotatable bonds is 9. The van der Waals surface area contributed by atoms with E-state index in [1.807, 2.05) is 30.3 Å². The minimum absolute atomic E-state index is 0.0129. The van der Waals surface area contributed by atoms with Crippen LogP contribution in [0.2, 0.25) is 0 Å². The normalized spacial score (nSPS) is 11.5. The summed E-state index contributed by atoms with van der Waals surface area (Å²) < 4.78 is 0. The second-order valence-corrected chi connectivity index (χ2v) is 7.45. The van der Waals surface area contributed by atoms with Crippen molar-refractivity contribution < 1.29 is 14.7 Å². The molecule has 1 heterocycles. The van der Waals surface area contributed by atoms with Gasteiger partial charge in [0.1, 0.15) is 11.8 Å². The lowest BCUT2D eigenvalue weighted by Crippen LogP contribution is -2.48. The largest absolute Gasteiger partial charge is 0.507 e. The summed E-state index contributed by atoms with van der Waals surface area (Å²) in [4.78, 5) is 43.7. The number of aromatic amines is 1. The lowest BCUT2D eigenvalue weighted by atomic mass is 10.0. The molecule has 172 valence electrons. The summed E-state index contributed by atoms with van der Waals surface area (Å²) in [6, 6.07) is 14.0. The maximum Gasteiger partial charge on any atom is 0.252 e. The molecule has 8 N–H and O–H groups in total. The van der Waals surface area contributed by atoms with Gasteiger partial charge in [-0.15, -0.1) is 0 Å². The van der Waals surface area contributed by atoms with Gasteiger partial charge in [0.25, 0.3) is 11.5 Å². The maximum absolute atomic E-state index is 12.9. The van der Waals surface area contributed by atoms with E-state index in [0.29, 0.717) is 36.8 Å². The number of carbonyl (C=O) groups excluding carboxylic acids is 2. The number of nitrogens with one attached hydrogen (secondary N) is 3. The smallest absolute Gasteiger partial charge is 0.252 e. The quantitative estimate of drug-likeness (QED) is 0.156. The third-order valence-electron chi connectivity index (χ3n) is 4.92. The molecule has 0 aliphatic heterocycles. The van der Waals surface area contributed by atoms with Crippen molar-refractivity contribution in [1.82, 2.24) is 15.6 Å². The van der Waals surface area contributed by atoms with Gasteiger partial charge in [-0.25, -0.2) is 0 Å². The molecule has 0 aliphatic rings. The van der Waals surface area contributed by atoms with Gasteiger partial charge in [-0.2, -0.15) is 0 Å². The molecule has 10 heteroatoms. The standard InChI is InChI=1S/C23H26N6O4/c24-23(25)27-10-4-9-26-22(33)18(11-14-5-2-1-3-6-14)29-21(32)15-7-8-17-16(12-15)19(30)13-20(31)28-17/h1-3,5-8,12-13,18H,4,9-11H2,(H,26,33)(H,29,32)(H4,24,25,27)(H2,28,30,31)/t18-/m0/s1. The number of hydrogen-bond acceptors (Lipinski definition) is 5. The number of nitrogens with zero attached hydrogens (tertiary/aromatic N) is 1. The molecule has 1 atom stereocenters. The maximum atomic E-state index is 12.9. The first kappa shape index (κ1) is 23.3. The number of H-pyrrole nitrogens is 1. The summed E-state index contributed by atoms with van der Waals surface area (Å²) in [6.45, 7) is 0.717. The lowest BCUT2D eigenvalue weighted by Gasteiger charge is -2.19. The Kier molecular flexibility index (Phi) is 7.64. The zero-order valence-corrected chi connectivity index (χ0v) is 17.9. The highest BCUT2D eigenvalue weighted by Gasteiger charge is 2.22. The van der Waals surface area contributed by atoms with E-state index in [0.717, 1.165) is 11.6 Å². The molecular weight excluding hydrogens is 424 g/mol. The summed E-state index contributed by atoms with van der Waals surface area (Å²) in [5.74, 6) is -1.08. The molecule has 10 nitrogen and oxygen atoms in total. The van der Waals surface area contributed by atoms with Crippen molar-refractivity contribution in [2.75, 3.05) is 13.1 Å². The van der Waals surface area contributed by atoms with E-state index < -0.39 is 17.5 Å². The minimum atomic E-state index is -0.831. The van der Waals surface area contributed by atoms with Crippen LogP contribution in [0.3, 0.4) is 0 Å². The molecule has 2 amide bonds. The van der Waals surface area contributed by atoms with Crippen molar-refractivity contribution in [2.24, 2.45) is 16.5 Å². The van der Waals surface area contributed by atoms with Gasteiger partial charge in [-0.3, -0.25) is 19.4 Å². The summed E-state index contributed by atoms with van der Waals surface area (Å²) in [5.41, 5.74) is 11.7. The number of amides is 2. The molecule has 0 spiro atoms. The van der Waals surface area contributed by atoms with Crippen LogP contribution in [0.15, 0.2) is 64.4 Å². The Hall–Kier alpha value is -4.34. The topological polar surface area (TPSA) is 176 Å².